The molecule has 2 unspecified atom stereocenters. The summed E-state index contributed by atoms with van der Waals surface area (Å²) < 4.78 is 0. The number of carboxylic acid groups (broad SMARTS) is 1. The van der Waals surface area contributed by atoms with Crippen LogP contribution in [0.15, 0.2) is 24.3 Å². The second-order valence-electron chi connectivity index (χ2n) is 6.60. The molecule has 4 nitrogen and oxygen atoms in total. The van der Waals surface area contributed by atoms with Crippen molar-refractivity contribution in [2.24, 2.45) is 0 Å². The van der Waals surface area contributed by atoms with E-state index in [-0.39, 0.29) is 0 Å². The summed E-state index contributed by atoms with van der Waals surface area (Å²) in [5.41, 5.74) is 2.13. The smallest absolute Gasteiger partial charge is 0.325 e. The summed E-state index contributed by atoms with van der Waals surface area (Å²) >= 11 is 0. The lowest BCUT2D eigenvalue weighted by atomic mass is 9.97. The number of nitrogens with zero attached hydrogens (tertiary/aromatic N) is 2. The van der Waals surface area contributed by atoms with Crippen LogP contribution in [0.1, 0.15) is 50.3 Å². The van der Waals surface area contributed by atoms with Crippen LogP contribution in [0.5, 0.6) is 0 Å². The Labute approximate surface area is 133 Å². The fraction of sp³-hybridized carbons (Fsp3) is 0.611. The van der Waals surface area contributed by atoms with Crippen molar-refractivity contribution in [3.8, 4) is 0 Å². The molecule has 2 rings (SSSR count). The zero-order chi connectivity index (χ0) is 16.3. The van der Waals surface area contributed by atoms with Gasteiger partial charge in [-0.05, 0) is 30.5 Å². The van der Waals surface area contributed by atoms with Crippen molar-refractivity contribution in [2.75, 3.05) is 26.7 Å². The van der Waals surface area contributed by atoms with Gasteiger partial charge >= 0.3 is 5.97 Å². The number of carbonyl (C=O) groups is 1. The molecule has 0 saturated carbocycles. The molecule has 1 aliphatic heterocycles. The van der Waals surface area contributed by atoms with Crippen molar-refractivity contribution in [1.29, 1.82) is 0 Å². The molecule has 0 aliphatic carbocycles. The standard InChI is InChI=1S/C18H28N2O2/c1-5-16-12-20(11-10-19(16)4)17(18(21)22)15-8-6-14(7-9-15)13(2)3/h6-9,13,16-17H,5,10-12H2,1-4H3,(H,21,22). The molecule has 1 fully saturated rings. The summed E-state index contributed by atoms with van der Waals surface area (Å²) in [6, 6.07) is 7.97. The summed E-state index contributed by atoms with van der Waals surface area (Å²) in [5.74, 6) is -0.290. The van der Waals surface area contributed by atoms with Crippen molar-refractivity contribution < 1.29 is 9.90 Å². The monoisotopic (exact) mass is 304 g/mol. The average molecular weight is 304 g/mol. The zero-order valence-electron chi connectivity index (χ0n) is 14.1. The largest absolute Gasteiger partial charge is 0.480 e. The van der Waals surface area contributed by atoms with Gasteiger partial charge in [0.05, 0.1) is 0 Å². The highest BCUT2D eigenvalue weighted by atomic mass is 16.4. The average Bonchev–Trinajstić information content (AvgIpc) is 2.49. The number of likely N-dealkylation sites (N-methyl/N-ethyl adjacent to an activating group) is 1. The lowest BCUT2D eigenvalue weighted by molar-refractivity contribution is -0.144. The van der Waals surface area contributed by atoms with Crippen LogP contribution in [-0.2, 0) is 4.79 Å². The van der Waals surface area contributed by atoms with Gasteiger partial charge in [-0.25, -0.2) is 0 Å². The summed E-state index contributed by atoms with van der Waals surface area (Å²) in [6.07, 6.45) is 1.05. The number of piperazine rings is 1. The van der Waals surface area contributed by atoms with Crippen LogP contribution in [0.4, 0.5) is 0 Å². The van der Waals surface area contributed by atoms with Crippen molar-refractivity contribution in [3.63, 3.8) is 0 Å². The van der Waals surface area contributed by atoms with Crippen LogP contribution in [0.2, 0.25) is 0 Å². The fourth-order valence-electron chi connectivity index (χ4n) is 3.22. The highest BCUT2D eigenvalue weighted by Gasteiger charge is 2.32. The van der Waals surface area contributed by atoms with E-state index in [0.29, 0.717) is 12.0 Å². The number of hydrogen-bond donors (Lipinski definition) is 1. The third-order valence-corrected chi connectivity index (χ3v) is 4.80. The van der Waals surface area contributed by atoms with Crippen LogP contribution in [0, 0.1) is 0 Å². The van der Waals surface area contributed by atoms with E-state index in [1.807, 2.05) is 12.1 Å². The maximum absolute atomic E-state index is 11.8. The van der Waals surface area contributed by atoms with Crippen LogP contribution in [0.25, 0.3) is 0 Å². The molecular weight excluding hydrogens is 276 g/mol. The molecule has 0 aromatic heterocycles. The quantitative estimate of drug-likeness (QED) is 0.908. The lowest BCUT2D eigenvalue weighted by Crippen LogP contribution is -2.53. The van der Waals surface area contributed by atoms with E-state index in [1.165, 1.54) is 5.56 Å². The Balaban J connectivity index is 2.21. The number of rotatable bonds is 5. The summed E-state index contributed by atoms with van der Waals surface area (Å²) in [7, 11) is 2.12. The molecule has 122 valence electrons. The highest BCUT2D eigenvalue weighted by molar-refractivity contribution is 5.75. The van der Waals surface area contributed by atoms with Crippen molar-refractivity contribution >= 4 is 5.97 Å². The topological polar surface area (TPSA) is 43.8 Å². The molecule has 0 amide bonds. The molecule has 1 aromatic rings. The van der Waals surface area contributed by atoms with Crippen molar-refractivity contribution in [2.45, 2.75) is 45.2 Å². The van der Waals surface area contributed by atoms with Gasteiger partial charge in [-0.3, -0.25) is 9.69 Å². The molecule has 0 bridgehead atoms. The normalized spacial score (nSPS) is 22.0. The second kappa shape index (κ2) is 7.25. The van der Waals surface area contributed by atoms with E-state index < -0.39 is 12.0 Å². The highest BCUT2D eigenvalue weighted by Crippen LogP contribution is 2.26. The van der Waals surface area contributed by atoms with E-state index in [0.717, 1.165) is 31.6 Å². The molecule has 1 N–H and O–H groups in total. The fourth-order valence-corrected chi connectivity index (χ4v) is 3.22. The van der Waals surface area contributed by atoms with Crippen LogP contribution < -0.4 is 0 Å². The SMILES string of the molecule is CCC1CN(C(C(=O)O)c2ccc(C(C)C)cc2)CCN1C. The first kappa shape index (κ1) is 17.0. The van der Waals surface area contributed by atoms with E-state index in [4.69, 9.17) is 0 Å². The van der Waals surface area contributed by atoms with E-state index in [1.54, 1.807) is 0 Å². The Morgan fingerprint density at radius 1 is 1.23 bits per heavy atom. The number of benzene rings is 1. The number of hydrogen-bond acceptors (Lipinski definition) is 3. The molecule has 22 heavy (non-hydrogen) atoms. The minimum atomic E-state index is -0.753. The Morgan fingerprint density at radius 3 is 2.32 bits per heavy atom. The van der Waals surface area contributed by atoms with E-state index in [2.05, 4.69) is 49.8 Å². The predicted octanol–water partition coefficient (Wildman–Crippen LogP) is 2.96. The first-order valence-corrected chi connectivity index (χ1v) is 8.21. The Bertz CT molecular complexity index is 498. The minimum absolute atomic E-state index is 0.436. The Kier molecular flexibility index (Phi) is 5.59. The molecule has 0 spiro atoms. The lowest BCUT2D eigenvalue weighted by Gasteiger charge is -2.41. The van der Waals surface area contributed by atoms with Crippen molar-refractivity contribution in [3.05, 3.63) is 35.4 Å². The Morgan fingerprint density at radius 2 is 1.82 bits per heavy atom. The Hall–Kier alpha value is -1.39. The third-order valence-electron chi connectivity index (χ3n) is 4.80. The molecule has 4 heteroatoms. The van der Waals surface area contributed by atoms with Crippen LogP contribution >= 0.6 is 0 Å². The van der Waals surface area contributed by atoms with Gasteiger partial charge in [-0.15, -0.1) is 0 Å². The molecule has 1 saturated heterocycles. The zero-order valence-corrected chi connectivity index (χ0v) is 14.1. The molecular formula is C18H28N2O2. The van der Waals surface area contributed by atoms with Gasteiger partial charge in [0.15, 0.2) is 0 Å². The van der Waals surface area contributed by atoms with E-state index >= 15 is 0 Å². The van der Waals surface area contributed by atoms with Gasteiger partial charge in [0, 0.05) is 25.7 Å². The second-order valence-corrected chi connectivity index (χ2v) is 6.60. The van der Waals surface area contributed by atoms with Gasteiger partial charge < -0.3 is 10.0 Å². The maximum Gasteiger partial charge on any atom is 0.325 e. The summed E-state index contributed by atoms with van der Waals surface area (Å²) in [4.78, 5) is 16.3. The number of aliphatic carboxylic acids is 1. The van der Waals surface area contributed by atoms with Gasteiger partial charge in [-0.2, -0.15) is 0 Å². The summed E-state index contributed by atoms with van der Waals surface area (Å²) in [6.45, 7) is 9.00. The molecule has 1 aliphatic rings. The number of carboxylic acids is 1. The van der Waals surface area contributed by atoms with Gasteiger partial charge in [0.1, 0.15) is 6.04 Å². The minimum Gasteiger partial charge on any atom is -0.480 e. The molecule has 1 aromatic carbocycles. The molecule has 2 atom stereocenters. The van der Waals surface area contributed by atoms with Gasteiger partial charge in [-0.1, -0.05) is 45.0 Å². The first-order chi connectivity index (χ1) is 10.4. The van der Waals surface area contributed by atoms with Crippen LogP contribution in [-0.4, -0.2) is 53.6 Å². The maximum atomic E-state index is 11.8. The summed E-state index contributed by atoms with van der Waals surface area (Å²) in [5, 5.41) is 9.73. The first-order valence-electron chi connectivity index (χ1n) is 8.21. The molecule has 1 heterocycles. The molecule has 0 radical (unpaired) electrons. The van der Waals surface area contributed by atoms with Gasteiger partial charge in [0.2, 0.25) is 0 Å². The third kappa shape index (κ3) is 3.68. The van der Waals surface area contributed by atoms with Crippen LogP contribution in [0.3, 0.4) is 0 Å². The van der Waals surface area contributed by atoms with Crippen molar-refractivity contribution in [1.82, 2.24) is 9.80 Å². The predicted molar refractivity (Wildman–Crippen MR) is 89.2 cm³/mol. The van der Waals surface area contributed by atoms with Gasteiger partial charge in [0.25, 0.3) is 0 Å². The van der Waals surface area contributed by atoms with E-state index in [9.17, 15) is 9.90 Å².